The Kier molecular flexibility index (Phi) is 5.28. The van der Waals surface area contributed by atoms with Gasteiger partial charge in [0.2, 0.25) is 5.91 Å². The van der Waals surface area contributed by atoms with Gasteiger partial charge in [0.05, 0.1) is 13.0 Å². The maximum absolute atomic E-state index is 10.9. The fourth-order valence-electron chi connectivity index (χ4n) is 0.832. The fraction of sp³-hybridized carbons (Fsp3) is 0.625. The number of aliphatic carboxylic acids is 1. The number of nitrogens with one attached hydrogen (secondary N) is 1. The molecule has 6 nitrogen and oxygen atoms in total. The molecule has 0 aromatic carbocycles. The van der Waals surface area contributed by atoms with E-state index in [9.17, 15) is 14.4 Å². The lowest BCUT2D eigenvalue weighted by Gasteiger charge is -2.11. The Morgan fingerprint density at radius 1 is 1.43 bits per heavy atom. The number of carbonyl (C=O) groups excluding carboxylic acids is 2. The molecule has 0 aliphatic rings. The van der Waals surface area contributed by atoms with Gasteiger partial charge in [-0.05, 0) is 6.92 Å². The van der Waals surface area contributed by atoms with Crippen LogP contribution in [0.1, 0.15) is 20.3 Å². The number of amides is 1. The second-order valence-corrected chi connectivity index (χ2v) is 2.60. The predicted molar refractivity (Wildman–Crippen MR) is 46.5 cm³/mol. The third kappa shape index (κ3) is 5.13. The third-order valence-corrected chi connectivity index (χ3v) is 1.35. The van der Waals surface area contributed by atoms with Crippen LogP contribution in [0.25, 0.3) is 0 Å². The van der Waals surface area contributed by atoms with E-state index in [1.54, 1.807) is 6.92 Å². The van der Waals surface area contributed by atoms with E-state index < -0.39 is 23.9 Å². The average molecular weight is 203 g/mol. The molecule has 0 aromatic heterocycles. The van der Waals surface area contributed by atoms with Gasteiger partial charge in [-0.3, -0.25) is 9.59 Å². The van der Waals surface area contributed by atoms with E-state index in [4.69, 9.17) is 5.11 Å². The van der Waals surface area contributed by atoms with E-state index in [0.717, 1.165) is 0 Å². The molecule has 0 fully saturated rings. The SMILES string of the molecule is CCOC(=O)C[C@H](NC(C)=O)C(=O)O. The molecule has 0 rings (SSSR count). The van der Waals surface area contributed by atoms with Gasteiger partial charge in [0.1, 0.15) is 6.04 Å². The first-order chi connectivity index (χ1) is 6.47. The van der Waals surface area contributed by atoms with Crippen LogP contribution in [-0.4, -0.2) is 35.6 Å². The van der Waals surface area contributed by atoms with Crippen molar-refractivity contribution in [3.8, 4) is 0 Å². The molecule has 0 bridgehead atoms. The van der Waals surface area contributed by atoms with Crippen molar-refractivity contribution in [2.24, 2.45) is 0 Å². The highest BCUT2D eigenvalue weighted by Gasteiger charge is 2.22. The van der Waals surface area contributed by atoms with E-state index in [0.29, 0.717) is 0 Å². The number of rotatable bonds is 5. The zero-order valence-corrected chi connectivity index (χ0v) is 8.07. The van der Waals surface area contributed by atoms with E-state index in [2.05, 4.69) is 10.1 Å². The highest BCUT2D eigenvalue weighted by Crippen LogP contribution is 1.95. The van der Waals surface area contributed by atoms with Crippen molar-refractivity contribution < 1.29 is 24.2 Å². The summed E-state index contributed by atoms with van der Waals surface area (Å²) in [4.78, 5) is 32.0. The van der Waals surface area contributed by atoms with E-state index in [1.807, 2.05) is 0 Å². The van der Waals surface area contributed by atoms with Crippen LogP contribution in [0.15, 0.2) is 0 Å². The number of carboxylic acid groups (broad SMARTS) is 1. The van der Waals surface area contributed by atoms with Crippen LogP contribution in [-0.2, 0) is 19.1 Å². The monoisotopic (exact) mass is 203 g/mol. The van der Waals surface area contributed by atoms with Crippen molar-refractivity contribution in [2.45, 2.75) is 26.3 Å². The molecule has 0 aliphatic heterocycles. The summed E-state index contributed by atoms with van der Waals surface area (Å²) in [6, 6.07) is -1.22. The smallest absolute Gasteiger partial charge is 0.326 e. The minimum atomic E-state index is -1.26. The summed E-state index contributed by atoms with van der Waals surface area (Å²) in [6.07, 6.45) is -0.358. The minimum absolute atomic E-state index is 0.186. The van der Waals surface area contributed by atoms with Gasteiger partial charge in [-0.2, -0.15) is 0 Å². The zero-order chi connectivity index (χ0) is 11.1. The number of ether oxygens (including phenoxy) is 1. The lowest BCUT2D eigenvalue weighted by atomic mass is 10.2. The molecule has 0 saturated heterocycles. The Morgan fingerprint density at radius 3 is 2.36 bits per heavy atom. The van der Waals surface area contributed by atoms with Gasteiger partial charge in [0, 0.05) is 6.92 Å². The van der Waals surface area contributed by atoms with Crippen LogP contribution < -0.4 is 5.32 Å². The number of esters is 1. The molecule has 0 heterocycles. The van der Waals surface area contributed by atoms with Gasteiger partial charge in [0.25, 0.3) is 0 Å². The van der Waals surface area contributed by atoms with Gasteiger partial charge in [0.15, 0.2) is 0 Å². The lowest BCUT2D eigenvalue weighted by molar-refractivity contribution is -0.150. The molecular weight excluding hydrogens is 190 g/mol. The Balaban J connectivity index is 4.16. The summed E-state index contributed by atoms with van der Waals surface area (Å²) >= 11 is 0. The van der Waals surface area contributed by atoms with Crippen molar-refractivity contribution in [3.05, 3.63) is 0 Å². The first kappa shape index (κ1) is 12.4. The Bertz CT molecular complexity index is 238. The third-order valence-electron chi connectivity index (χ3n) is 1.35. The molecule has 14 heavy (non-hydrogen) atoms. The maximum atomic E-state index is 10.9. The molecule has 0 aromatic rings. The molecule has 0 radical (unpaired) electrons. The molecule has 0 saturated carbocycles. The quantitative estimate of drug-likeness (QED) is 0.589. The van der Waals surface area contributed by atoms with Crippen molar-refractivity contribution in [1.82, 2.24) is 5.32 Å². The van der Waals surface area contributed by atoms with Crippen molar-refractivity contribution in [1.29, 1.82) is 0 Å². The van der Waals surface area contributed by atoms with E-state index in [-0.39, 0.29) is 13.0 Å². The largest absolute Gasteiger partial charge is 0.480 e. The average Bonchev–Trinajstić information content (AvgIpc) is 2.02. The van der Waals surface area contributed by atoms with Crippen LogP contribution in [0.2, 0.25) is 0 Å². The first-order valence-electron chi connectivity index (χ1n) is 4.13. The Morgan fingerprint density at radius 2 is 2.00 bits per heavy atom. The summed E-state index contributed by atoms with van der Waals surface area (Å²) in [5.74, 6) is -2.40. The van der Waals surface area contributed by atoms with Gasteiger partial charge in [-0.1, -0.05) is 0 Å². The highest BCUT2D eigenvalue weighted by atomic mass is 16.5. The van der Waals surface area contributed by atoms with Gasteiger partial charge in [-0.25, -0.2) is 4.79 Å². The topological polar surface area (TPSA) is 92.7 Å². The Labute approximate surface area is 81.2 Å². The normalized spacial score (nSPS) is 11.6. The summed E-state index contributed by atoms with van der Waals surface area (Å²) in [5, 5.41) is 10.7. The van der Waals surface area contributed by atoms with E-state index >= 15 is 0 Å². The molecule has 0 unspecified atom stereocenters. The second kappa shape index (κ2) is 5.95. The lowest BCUT2D eigenvalue weighted by Crippen LogP contribution is -2.41. The van der Waals surface area contributed by atoms with Crippen molar-refractivity contribution in [2.75, 3.05) is 6.61 Å². The van der Waals surface area contributed by atoms with Crippen LogP contribution >= 0.6 is 0 Å². The Hall–Kier alpha value is -1.59. The van der Waals surface area contributed by atoms with Crippen molar-refractivity contribution >= 4 is 17.8 Å². The minimum Gasteiger partial charge on any atom is -0.480 e. The first-order valence-corrected chi connectivity index (χ1v) is 4.13. The van der Waals surface area contributed by atoms with Gasteiger partial charge in [-0.15, -0.1) is 0 Å². The zero-order valence-electron chi connectivity index (χ0n) is 8.07. The molecule has 0 aliphatic carbocycles. The van der Waals surface area contributed by atoms with Gasteiger partial charge < -0.3 is 15.2 Å². The molecular formula is C8H13NO5. The molecule has 6 heteroatoms. The van der Waals surface area contributed by atoms with Crippen molar-refractivity contribution in [3.63, 3.8) is 0 Å². The number of carbonyl (C=O) groups is 3. The summed E-state index contributed by atoms with van der Waals surface area (Å²) in [7, 11) is 0. The second-order valence-electron chi connectivity index (χ2n) is 2.60. The summed E-state index contributed by atoms with van der Waals surface area (Å²) < 4.78 is 4.55. The van der Waals surface area contributed by atoms with Crippen LogP contribution in [0.3, 0.4) is 0 Å². The molecule has 1 amide bonds. The fourth-order valence-corrected chi connectivity index (χ4v) is 0.832. The molecule has 80 valence electrons. The number of carboxylic acids is 1. The van der Waals surface area contributed by atoms with Gasteiger partial charge >= 0.3 is 11.9 Å². The maximum Gasteiger partial charge on any atom is 0.326 e. The summed E-state index contributed by atoms with van der Waals surface area (Å²) in [6.45, 7) is 2.98. The highest BCUT2D eigenvalue weighted by molar-refractivity contribution is 5.86. The molecule has 0 spiro atoms. The number of hydrogen-bond acceptors (Lipinski definition) is 4. The van der Waals surface area contributed by atoms with Crippen LogP contribution in [0, 0.1) is 0 Å². The molecule has 1 atom stereocenters. The predicted octanol–water partition coefficient (Wildman–Crippen LogP) is -0.471. The standard InChI is InChI=1S/C8H13NO5/c1-3-14-7(11)4-6(8(12)13)9-5(2)10/h6H,3-4H2,1-2H3,(H,9,10)(H,12,13)/t6-/m0/s1. The number of hydrogen-bond donors (Lipinski definition) is 2. The van der Waals surface area contributed by atoms with Crippen LogP contribution in [0.4, 0.5) is 0 Å². The summed E-state index contributed by atoms with van der Waals surface area (Å²) in [5.41, 5.74) is 0. The molecule has 2 N–H and O–H groups in total. The van der Waals surface area contributed by atoms with E-state index in [1.165, 1.54) is 6.92 Å². The van der Waals surface area contributed by atoms with Crippen LogP contribution in [0.5, 0.6) is 0 Å².